The first-order valence-electron chi connectivity index (χ1n) is 8.35. The van der Waals surface area contributed by atoms with Gasteiger partial charge in [-0.3, -0.25) is 4.90 Å². The van der Waals surface area contributed by atoms with Gasteiger partial charge >= 0.3 is 0 Å². The maximum atomic E-state index is 5.48. The summed E-state index contributed by atoms with van der Waals surface area (Å²) in [5.74, 6) is 1.54. The first-order chi connectivity index (χ1) is 11.1. The summed E-state index contributed by atoms with van der Waals surface area (Å²) < 4.78 is 5.48. The predicted molar refractivity (Wildman–Crippen MR) is 97.6 cm³/mol. The number of piperazine rings is 1. The molecular formula is C18H27ClN4O. The van der Waals surface area contributed by atoms with E-state index in [-0.39, 0.29) is 23.9 Å². The largest absolute Gasteiger partial charge is 0.339 e. The lowest BCUT2D eigenvalue weighted by atomic mass is 9.80. The zero-order chi connectivity index (χ0) is 16.3. The molecular weight excluding hydrogens is 324 g/mol. The minimum Gasteiger partial charge on any atom is -0.339 e. The number of likely N-dealkylation sites (N-methyl/N-ethyl adjacent to an activating group) is 1. The molecule has 1 saturated heterocycles. The summed E-state index contributed by atoms with van der Waals surface area (Å²) in [4.78, 5) is 6.90. The molecule has 1 aromatic carbocycles. The van der Waals surface area contributed by atoms with Crippen molar-refractivity contribution in [2.45, 2.75) is 38.1 Å². The highest BCUT2D eigenvalue weighted by atomic mass is 35.5. The molecule has 5 nitrogen and oxygen atoms in total. The molecule has 1 fully saturated rings. The van der Waals surface area contributed by atoms with Crippen LogP contribution in [0.4, 0.5) is 0 Å². The monoisotopic (exact) mass is 350 g/mol. The molecule has 1 aromatic heterocycles. The van der Waals surface area contributed by atoms with Gasteiger partial charge in [-0.25, -0.2) is 0 Å². The molecule has 24 heavy (non-hydrogen) atoms. The highest BCUT2D eigenvalue weighted by Crippen LogP contribution is 2.28. The molecule has 0 bridgehead atoms. The Morgan fingerprint density at radius 1 is 1.29 bits per heavy atom. The van der Waals surface area contributed by atoms with Crippen molar-refractivity contribution in [2.24, 2.45) is 0 Å². The van der Waals surface area contributed by atoms with Crippen LogP contribution < -0.4 is 5.32 Å². The second kappa shape index (κ2) is 8.10. The molecule has 1 unspecified atom stereocenters. The summed E-state index contributed by atoms with van der Waals surface area (Å²) in [5.41, 5.74) is 1.44. The maximum Gasteiger partial charge on any atom is 0.226 e. The number of hydrogen-bond acceptors (Lipinski definition) is 5. The number of aryl methyl sites for hydroxylation is 1. The summed E-state index contributed by atoms with van der Waals surface area (Å²) in [6, 6.07) is 10.8. The Bertz CT molecular complexity index is 629. The molecule has 1 aliphatic heterocycles. The van der Waals surface area contributed by atoms with Crippen molar-refractivity contribution < 1.29 is 4.52 Å². The second-order valence-electron chi connectivity index (χ2n) is 7.00. The fourth-order valence-corrected chi connectivity index (χ4v) is 3.05. The summed E-state index contributed by atoms with van der Waals surface area (Å²) in [7, 11) is 2.11. The van der Waals surface area contributed by atoms with Gasteiger partial charge in [0, 0.05) is 26.1 Å². The summed E-state index contributed by atoms with van der Waals surface area (Å²) in [5, 5.41) is 7.58. The first kappa shape index (κ1) is 18.9. The van der Waals surface area contributed by atoms with Crippen LogP contribution in [-0.2, 0) is 11.8 Å². The van der Waals surface area contributed by atoms with Gasteiger partial charge in [0.1, 0.15) is 0 Å². The fourth-order valence-electron chi connectivity index (χ4n) is 3.05. The number of hydrogen-bond donors (Lipinski definition) is 1. The number of aromatic nitrogens is 2. The van der Waals surface area contributed by atoms with Crippen LogP contribution in [0.15, 0.2) is 34.9 Å². The van der Waals surface area contributed by atoms with Crippen molar-refractivity contribution in [3.63, 3.8) is 0 Å². The van der Waals surface area contributed by atoms with E-state index in [1.165, 1.54) is 5.56 Å². The van der Waals surface area contributed by atoms with Crippen molar-refractivity contribution in [2.75, 3.05) is 26.7 Å². The molecule has 0 amide bonds. The highest BCUT2D eigenvalue weighted by Gasteiger charge is 2.26. The van der Waals surface area contributed by atoms with Gasteiger partial charge in [0.05, 0.1) is 6.04 Å². The molecule has 1 N–H and O–H groups in total. The summed E-state index contributed by atoms with van der Waals surface area (Å²) >= 11 is 0. The van der Waals surface area contributed by atoms with E-state index < -0.39 is 0 Å². The third kappa shape index (κ3) is 4.35. The Labute approximate surface area is 150 Å². The third-order valence-corrected chi connectivity index (χ3v) is 4.81. The molecule has 132 valence electrons. The molecule has 3 rings (SSSR count). The van der Waals surface area contributed by atoms with Gasteiger partial charge in [0.25, 0.3) is 0 Å². The highest BCUT2D eigenvalue weighted by molar-refractivity contribution is 5.85. The molecule has 0 saturated carbocycles. The normalized spacial score (nSPS) is 19.0. The molecule has 1 aliphatic rings. The van der Waals surface area contributed by atoms with Crippen molar-refractivity contribution in [3.8, 4) is 0 Å². The van der Waals surface area contributed by atoms with Crippen LogP contribution in [0.25, 0.3) is 0 Å². The number of rotatable bonds is 5. The van der Waals surface area contributed by atoms with Gasteiger partial charge in [0.15, 0.2) is 5.82 Å². The first-order valence-corrected chi connectivity index (χ1v) is 8.35. The number of nitrogens with one attached hydrogen (secondary N) is 1. The lowest BCUT2D eigenvalue weighted by Gasteiger charge is -2.30. The van der Waals surface area contributed by atoms with E-state index in [1.807, 2.05) is 0 Å². The van der Waals surface area contributed by atoms with Crippen LogP contribution in [0.1, 0.15) is 43.6 Å². The second-order valence-corrected chi connectivity index (χ2v) is 7.00. The van der Waals surface area contributed by atoms with E-state index in [0.29, 0.717) is 0 Å². The Morgan fingerprint density at radius 3 is 2.75 bits per heavy atom. The number of halogens is 1. The topological polar surface area (TPSA) is 54.2 Å². The van der Waals surface area contributed by atoms with Crippen LogP contribution >= 0.6 is 12.4 Å². The van der Waals surface area contributed by atoms with Gasteiger partial charge in [-0.1, -0.05) is 49.3 Å². The quantitative estimate of drug-likeness (QED) is 0.898. The summed E-state index contributed by atoms with van der Waals surface area (Å²) in [6.07, 6.45) is 1.79. The van der Waals surface area contributed by atoms with Gasteiger partial charge in [-0.15, -0.1) is 12.4 Å². The average molecular weight is 351 g/mol. The van der Waals surface area contributed by atoms with E-state index >= 15 is 0 Å². The van der Waals surface area contributed by atoms with E-state index in [1.54, 1.807) is 0 Å². The molecule has 2 heterocycles. The Morgan fingerprint density at radius 2 is 2.04 bits per heavy atom. The molecule has 6 heteroatoms. The lowest BCUT2D eigenvalue weighted by Crippen LogP contribution is -2.44. The van der Waals surface area contributed by atoms with Crippen molar-refractivity contribution >= 4 is 12.4 Å². The number of nitrogens with zero attached hydrogens (tertiary/aromatic N) is 3. The Hall–Kier alpha value is -1.43. The molecule has 1 atom stereocenters. The Balaban J connectivity index is 0.00000208. The van der Waals surface area contributed by atoms with Crippen molar-refractivity contribution in [1.82, 2.24) is 20.4 Å². The van der Waals surface area contributed by atoms with E-state index in [0.717, 1.165) is 44.2 Å². The number of benzene rings is 1. The van der Waals surface area contributed by atoms with Gasteiger partial charge in [0.2, 0.25) is 5.89 Å². The van der Waals surface area contributed by atoms with Gasteiger partial charge in [-0.2, -0.15) is 4.98 Å². The van der Waals surface area contributed by atoms with Crippen LogP contribution in [-0.4, -0.2) is 41.7 Å². The average Bonchev–Trinajstić information content (AvgIpc) is 3.03. The van der Waals surface area contributed by atoms with Crippen LogP contribution in [0.5, 0.6) is 0 Å². The van der Waals surface area contributed by atoms with E-state index in [2.05, 4.69) is 71.6 Å². The van der Waals surface area contributed by atoms with E-state index in [9.17, 15) is 0 Å². The third-order valence-electron chi connectivity index (χ3n) is 4.81. The van der Waals surface area contributed by atoms with Gasteiger partial charge in [-0.05, 0) is 24.4 Å². The molecule has 2 aromatic rings. The minimum atomic E-state index is 0. The zero-order valence-electron chi connectivity index (χ0n) is 14.7. The zero-order valence-corrected chi connectivity index (χ0v) is 15.5. The van der Waals surface area contributed by atoms with Crippen LogP contribution in [0, 0.1) is 0 Å². The fraction of sp³-hybridized carbons (Fsp3) is 0.556. The SMILES string of the molecule is CN1CCNCC1c1noc(CCC(C)(C)c2ccccc2)n1.Cl. The minimum absolute atomic E-state index is 0. The maximum absolute atomic E-state index is 5.48. The van der Waals surface area contributed by atoms with Crippen LogP contribution in [0.2, 0.25) is 0 Å². The predicted octanol–water partition coefficient (Wildman–Crippen LogP) is 2.98. The molecule has 0 spiro atoms. The van der Waals surface area contributed by atoms with Crippen molar-refractivity contribution in [1.29, 1.82) is 0 Å². The summed E-state index contributed by atoms with van der Waals surface area (Å²) in [6.45, 7) is 7.43. The van der Waals surface area contributed by atoms with Crippen molar-refractivity contribution in [3.05, 3.63) is 47.6 Å². The Kier molecular flexibility index (Phi) is 6.38. The van der Waals surface area contributed by atoms with Crippen LogP contribution in [0.3, 0.4) is 0 Å². The smallest absolute Gasteiger partial charge is 0.226 e. The van der Waals surface area contributed by atoms with E-state index in [4.69, 9.17) is 4.52 Å². The standard InChI is InChI=1S/C18H26N4O.ClH/c1-18(2,14-7-5-4-6-8-14)10-9-16-20-17(21-23-16)15-13-19-11-12-22(15)3;/h4-8,15,19H,9-13H2,1-3H3;1H. The lowest BCUT2D eigenvalue weighted by molar-refractivity contribution is 0.190. The van der Waals surface area contributed by atoms with Gasteiger partial charge < -0.3 is 9.84 Å². The molecule has 0 radical (unpaired) electrons. The molecule has 0 aliphatic carbocycles.